The number of alkyl halides is 3. The molecule has 12 heteroatoms. The number of halogens is 4. The predicted molar refractivity (Wildman–Crippen MR) is 176 cm³/mol. The highest BCUT2D eigenvalue weighted by molar-refractivity contribution is 7.88. The fraction of sp³-hybridized carbons (Fsp3) is 0.278. The molecule has 7 nitrogen and oxygen atoms in total. The molecule has 0 N–H and O–H groups in total. The average molecular weight is 699 g/mol. The summed E-state index contributed by atoms with van der Waals surface area (Å²) in [6, 6.07) is 17.4. The zero-order chi connectivity index (χ0) is 34.6. The number of nitrogens with zero attached hydrogens (tertiary/aromatic N) is 1. The minimum atomic E-state index is -6.02. The van der Waals surface area contributed by atoms with Crippen molar-refractivity contribution in [1.82, 2.24) is 0 Å². The van der Waals surface area contributed by atoms with Crippen LogP contribution in [0.15, 0.2) is 89.7 Å². The molecule has 2 aliphatic heterocycles. The molecule has 3 aliphatic rings. The topological polar surface area (TPSA) is 81.9 Å². The molecule has 0 bridgehead atoms. The van der Waals surface area contributed by atoms with Crippen molar-refractivity contribution in [2.24, 2.45) is 0 Å². The van der Waals surface area contributed by atoms with E-state index in [-0.39, 0.29) is 28.4 Å². The summed E-state index contributed by atoms with van der Waals surface area (Å²) in [6.45, 7) is 6.14. The van der Waals surface area contributed by atoms with Crippen LogP contribution in [0.5, 0.6) is 11.5 Å². The molecule has 3 aromatic carbocycles. The van der Waals surface area contributed by atoms with Crippen LogP contribution in [0.3, 0.4) is 0 Å². The van der Waals surface area contributed by atoms with E-state index in [0.29, 0.717) is 35.3 Å². The van der Waals surface area contributed by atoms with E-state index in [2.05, 4.69) is 34.7 Å². The van der Waals surface area contributed by atoms with Gasteiger partial charge in [0, 0.05) is 40.5 Å². The van der Waals surface area contributed by atoms with Crippen molar-refractivity contribution in [3.63, 3.8) is 0 Å². The normalized spacial score (nSPS) is 17.2. The van der Waals surface area contributed by atoms with Crippen LogP contribution in [0.2, 0.25) is 5.02 Å². The number of esters is 1. The highest BCUT2D eigenvalue weighted by Gasteiger charge is 2.49. The number of hydrogen-bond acceptors (Lipinski definition) is 6. The Labute approximate surface area is 281 Å². The Bertz CT molecular complexity index is 2090. The number of allylic oxidation sites excluding steroid dienone is 4. The summed E-state index contributed by atoms with van der Waals surface area (Å²) in [5.74, 6) is -0.821. The first kappa shape index (κ1) is 33.5. The van der Waals surface area contributed by atoms with Crippen molar-refractivity contribution in [1.29, 1.82) is 0 Å². The molecule has 0 fully saturated rings. The lowest BCUT2D eigenvalue weighted by Crippen LogP contribution is -2.28. The third kappa shape index (κ3) is 5.72. The molecule has 250 valence electrons. The zero-order valence-electron chi connectivity index (χ0n) is 26.6. The quantitative estimate of drug-likeness (QED) is 0.106. The van der Waals surface area contributed by atoms with Gasteiger partial charge in [-0.1, -0.05) is 48.0 Å². The molecule has 48 heavy (non-hydrogen) atoms. The first-order chi connectivity index (χ1) is 22.7. The second kappa shape index (κ2) is 12.3. The van der Waals surface area contributed by atoms with Crippen molar-refractivity contribution >= 4 is 44.7 Å². The summed E-state index contributed by atoms with van der Waals surface area (Å²) >= 11 is 6.37. The number of hydrogen-bond donors (Lipinski definition) is 0. The van der Waals surface area contributed by atoms with Crippen LogP contribution < -0.4 is 8.92 Å². The minimum absolute atomic E-state index is 0.0189. The van der Waals surface area contributed by atoms with Crippen LogP contribution >= 0.6 is 11.6 Å². The Morgan fingerprint density at radius 3 is 2.46 bits per heavy atom. The van der Waals surface area contributed by atoms with Crippen LogP contribution in [0.1, 0.15) is 67.1 Å². The molecule has 2 heterocycles. The van der Waals surface area contributed by atoms with E-state index in [9.17, 15) is 26.4 Å². The van der Waals surface area contributed by atoms with Gasteiger partial charge in [-0.05, 0) is 69.4 Å². The van der Waals surface area contributed by atoms with E-state index in [1.165, 1.54) is 11.6 Å². The number of ether oxygens (including phenoxy) is 2. The van der Waals surface area contributed by atoms with Crippen molar-refractivity contribution < 1.29 is 44.6 Å². The van der Waals surface area contributed by atoms with Gasteiger partial charge in [-0.15, -0.1) is 0 Å². The van der Waals surface area contributed by atoms with Gasteiger partial charge in [0.1, 0.15) is 18.6 Å². The maximum atomic E-state index is 13.3. The number of carbonyl (C=O) groups is 1. The Hall–Kier alpha value is -4.35. The maximum absolute atomic E-state index is 13.3. The first-order valence-electron chi connectivity index (χ1n) is 15.3. The van der Waals surface area contributed by atoms with Gasteiger partial charge in [0.25, 0.3) is 0 Å². The summed E-state index contributed by atoms with van der Waals surface area (Å²) in [7, 11) is -4.02. The lowest BCUT2D eigenvalue weighted by molar-refractivity contribution is -0.401. The Balaban J connectivity index is 1.55. The third-order valence-electron chi connectivity index (χ3n) is 8.81. The van der Waals surface area contributed by atoms with Crippen LogP contribution in [-0.4, -0.2) is 43.8 Å². The standard InChI is InChI=1S/C36H32ClF3NO6S/c1-5-45-34(42)23-13-7-6-12-22(23)32-24-14-10-11-21(17-18-31-35(2,3)26-15-8-9-16-28(26)41(31)4)33(24)46-29-20-30(27(37)19-25(29)32)47-48(43,44)36(38,39)40/h6-9,12-13,15-20H,5,10-11,14H2,1-4H3/q+1/b18-17+. The second-order valence-electron chi connectivity index (χ2n) is 12.1. The molecular formula is C36H32ClF3NO6S+. The summed E-state index contributed by atoms with van der Waals surface area (Å²) in [6.07, 6.45) is 5.96. The second-order valence-corrected chi connectivity index (χ2v) is 14.1. The molecule has 6 rings (SSSR count). The largest absolute Gasteiger partial charge is 0.534 e. The van der Waals surface area contributed by atoms with Gasteiger partial charge < -0.3 is 13.7 Å². The SMILES string of the molecule is CCOC(=O)c1ccccc1C1=C2CCCC(/C=C/C3=[N+](C)c4ccccc4C3(C)C)=C2Oc2cc(OS(=O)(=O)C(F)(F)F)c(Cl)cc21. The lowest BCUT2D eigenvalue weighted by atomic mass is 9.80. The number of carbonyl (C=O) groups excluding carboxylic acids is 1. The van der Waals surface area contributed by atoms with E-state index < -0.39 is 27.3 Å². The highest BCUT2D eigenvalue weighted by Crippen LogP contribution is 2.50. The molecule has 0 aromatic heterocycles. The van der Waals surface area contributed by atoms with Gasteiger partial charge in [-0.25, -0.2) is 4.79 Å². The van der Waals surface area contributed by atoms with E-state index in [1.807, 2.05) is 31.3 Å². The first-order valence-corrected chi connectivity index (χ1v) is 17.1. The summed E-state index contributed by atoms with van der Waals surface area (Å²) < 4.78 is 82.0. The molecule has 0 unspecified atom stereocenters. The van der Waals surface area contributed by atoms with Gasteiger partial charge in [0.2, 0.25) is 5.69 Å². The van der Waals surface area contributed by atoms with E-state index in [4.69, 9.17) is 21.1 Å². The zero-order valence-corrected chi connectivity index (χ0v) is 28.1. The number of fused-ring (bicyclic) bond motifs is 3. The fourth-order valence-corrected chi connectivity index (χ4v) is 7.31. The van der Waals surface area contributed by atoms with Crippen LogP contribution in [-0.2, 0) is 20.3 Å². The van der Waals surface area contributed by atoms with E-state index >= 15 is 0 Å². The van der Waals surface area contributed by atoms with Gasteiger partial charge in [-0.3, -0.25) is 0 Å². The summed E-state index contributed by atoms with van der Waals surface area (Å²) in [4.78, 5) is 13.1. The van der Waals surface area contributed by atoms with Crippen molar-refractivity contribution in [3.8, 4) is 11.5 Å². The van der Waals surface area contributed by atoms with E-state index in [1.54, 1.807) is 31.2 Å². The van der Waals surface area contributed by atoms with Gasteiger partial charge in [0.05, 0.1) is 22.6 Å². The van der Waals surface area contributed by atoms with Gasteiger partial charge in [0.15, 0.2) is 11.5 Å². The monoisotopic (exact) mass is 698 g/mol. The fourth-order valence-electron chi connectivity index (χ4n) is 6.59. The molecule has 0 saturated carbocycles. The Morgan fingerprint density at radius 1 is 1.04 bits per heavy atom. The van der Waals surface area contributed by atoms with Crippen molar-refractivity contribution in [2.45, 2.75) is 51.0 Å². The summed E-state index contributed by atoms with van der Waals surface area (Å²) in [5, 5.41) is -0.386. The third-order valence-corrected chi connectivity index (χ3v) is 10.1. The van der Waals surface area contributed by atoms with Crippen LogP contribution in [0.4, 0.5) is 18.9 Å². The molecular weight excluding hydrogens is 667 g/mol. The van der Waals surface area contributed by atoms with E-state index in [0.717, 1.165) is 35.0 Å². The van der Waals surface area contributed by atoms with Crippen LogP contribution in [0, 0.1) is 0 Å². The molecule has 0 atom stereocenters. The number of benzene rings is 3. The average Bonchev–Trinajstić information content (AvgIpc) is 3.23. The van der Waals surface area contributed by atoms with Crippen molar-refractivity contribution in [2.75, 3.05) is 13.7 Å². The lowest BCUT2D eigenvalue weighted by Gasteiger charge is -2.31. The van der Waals surface area contributed by atoms with Crippen molar-refractivity contribution in [3.05, 3.63) is 117 Å². The molecule has 0 saturated heterocycles. The molecule has 3 aromatic rings. The smallest absolute Gasteiger partial charge is 0.462 e. The summed E-state index contributed by atoms with van der Waals surface area (Å²) in [5.41, 5.74) is 0.676. The Morgan fingerprint density at radius 2 is 1.75 bits per heavy atom. The maximum Gasteiger partial charge on any atom is 0.534 e. The van der Waals surface area contributed by atoms with Gasteiger partial charge >= 0.3 is 21.6 Å². The van der Waals surface area contributed by atoms with Crippen LogP contribution in [0.25, 0.3) is 5.57 Å². The minimum Gasteiger partial charge on any atom is -0.462 e. The number of rotatable bonds is 7. The molecule has 0 amide bonds. The van der Waals surface area contributed by atoms with Gasteiger partial charge in [-0.2, -0.15) is 26.2 Å². The molecule has 0 radical (unpaired) electrons. The Kier molecular flexibility index (Phi) is 8.58. The number of para-hydroxylation sites is 1. The predicted octanol–water partition coefficient (Wildman–Crippen LogP) is 8.64. The molecule has 1 aliphatic carbocycles. The highest BCUT2D eigenvalue weighted by atomic mass is 35.5. The molecule has 0 spiro atoms.